The van der Waals surface area contributed by atoms with Crippen molar-refractivity contribution in [1.82, 2.24) is 15.4 Å². The second-order valence-corrected chi connectivity index (χ2v) is 6.49. The van der Waals surface area contributed by atoms with Crippen molar-refractivity contribution >= 4 is 22.7 Å². The van der Waals surface area contributed by atoms with E-state index in [1.807, 2.05) is 43.3 Å². The van der Waals surface area contributed by atoms with Gasteiger partial charge in [-0.25, -0.2) is 10.4 Å². The number of H-pyrrole nitrogens is 1. The first-order chi connectivity index (χ1) is 13.1. The Bertz CT molecular complexity index is 1050. The quantitative estimate of drug-likeness (QED) is 0.744. The van der Waals surface area contributed by atoms with Gasteiger partial charge >= 0.3 is 0 Å². The van der Waals surface area contributed by atoms with Gasteiger partial charge in [-0.2, -0.15) is 5.10 Å². The van der Waals surface area contributed by atoms with Crippen LogP contribution >= 0.6 is 0 Å². The number of fused-ring (bicyclic) bond motifs is 1. The van der Waals surface area contributed by atoms with Gasteiger partial charge in [-0.15, -0.1) is 0 Å². The van der Waals surface area contributed by atoms with Crippen LogP contribution in [0.4, 0.5) is 0 Å². The molecule has 1 aromatic heterocycles. The molecule has 1 atom stereocenters. The van der Waals surface area contributed by atoms with Gasteiger partial charge in [0.15, 0.2) is 0 Å². The largest absolute Gasteiger partial charge is 0.497 e. The summed E-state index contributed by atoms with van der Waals surface area (Å²) in [6.45, 7) is 2.00. The predicted molar refractivity (Wildman–Crippen MR) is 103 cm³/mol. The van der Waals surface area contributed by atoms with Crippen molar-refractivity contribution in [2.75, 3.05) is 14.2 Å². The van der Waals surface area contributed by atoms with E-state index in [1.165, 1.54) is 0 Å². The maximum absolute atomic E-state index is 11.6. The second-order valence-electron chi connectivity index (χ2n) is 6.49. The summed E-state index contributed by atoms with van der Waals surface area (Å²) in [6.07, 6.45) is 0.415. The Labute approximate surface area is 156 Å². The van der Waals surface area contributed by atoms with E-state index >= 15 is 0 Å². The maximum Gasteiger partial charge on any atom is 0.240 e. The van der Waals surface area contributed by atoms with Crippen molar-refractivity contribution in [2.24, 2.45) is 11.0 Å². The number of imidazole rings is 1. The van der Waals surface area contributed by atoms with Crippen LogP contribution in [0.5, 0.6) is 11.5 Å². The number of para-hydroxylation sites is 1. The number of aromatic nitrogens is 2. The number of carbonyl (C=O) groups excluding carboxylic acids is 1. The maximum atomic E-state index is 11.6. The van der Waals surface area contributed by atoms with Crippen LogP contribution in [-0.4, -0.2) is 35.8 Å². The SMILES string of the molecule is COc1ccc(-c2nc3c(C4=NNC(=O)CC4C)cccc3[nH]2)c(OC)c1. The highest BCUT2D eigenvalue weighted by molar-refractivity contribution is 6.12. The summed E-state index contributed by atoms with van der Waals surface area (Å²) in [5.41, 5.74) is 6.87. The zero-order valence-corrected chi connectivity index (χ0v) is 15.4. The number of nitrogens with zero attached hydrogens (tertiary/aromatic N) is 2. The van der Waals surface area contributed by atoms with Gasteiger partial charge in [-0.05, 0) is 18.2 Å². The van der Waals surface area contributed by atoms with Crippen LogP contribution in [0, 0.1) is 5.92 Å². The molecule has 0 saturated heterocycles. The van der Waals surface area contributed by atoms with Crippen LogP contribution in [0.15, 0.2) is 41.5 Å². The van der Waals surface area contributed by atoms with Crippen LogP contribution in [0.1, 0.15) is 18.9 Å². The van der Waals surface area contributed by atoms with E-state index in [0.29, 0.717) is 23.7 Å². The van der Waals surface area contributed by atoms with Crippen molar-refractivity contribution in [3.63, 3.8) is 0 Å². The lowest BCUT2D eigenvalue weighted by atomic mass is 9.93. The first kappa shape index (κ1) is 17.1. The summed E-state index contributed by atoms with van der Waals surface area (Å²) in [5, 5.41) is 4.27. The van der Waals surface area contributed by atoms with E-state index in [4.69, 9.17) is 14.5 Å². The van der Waals surface area contributed by atoms with E-state index in [2.05, 4.69) is 15.5 Å². The standard InChI is InChI=1S/C20H20N4O3/c1-11-9-17(25)23-24-18(11)14-5-4-6-15-19(14)22-20(21-15)13-8-7-12(26-2)10-16(13)27-3/h4-8,10-11H,9H2,1-3H3,(H,21,22)(H,23,25). The van der Waals surface area contributed by atoms with Gasteiger partial charge in [0.1, 0.15) is 17.3 Å². The van der Waals surface area contributed by atoms with Crippen molar-refractivity contribution in [1.29, 1.82) is 0 Å². The molecule has 27 heavy (non-hydrogen) atoms. The number of nitrogens with one attached hydrogen (secondary N) is 2. The third-order valence-corrected chi connectivity index (χ3v) is 4.71. The number of aromatic amines is 1. The molecule has 0 bridgehead atoms. The molecule has 0 saturated carbocycles. The van der Waals surface area contributed by atoms with Crippen molar-refractivity contribution in [3.8, 4) is 22.9 Å². The van der Waals surface area contributed by atoms with Crippen molar-refractivity contribution in [2.45, 2.75) is 13.3 Å². The van der Waals surface area contributed by atoms with E-state index in [1.54, 1.807) is 14.2 Å². The lowest BCUT2D eigenvalue weighted by Crippen LogP contribution is -2.32. The highest BCUT2D eigenvalue weighted by atomic mass is 16.5. The average molecular weight is 364 g/mol. The fourth-order valence-corrected chi connectivity index (χ4v) is 3.34. The molecule has 0 spiro atoms. The van der Waals surface area contributed by atoms with E-state index < -0.39 is 0 Å². The minimum Gasteiger partial charge on any atom is -0.497 e. The molecule has 0 fully saturated rings. The van der Waals surface area contributed by atoms with Gasteiger partial charge in [0.05, 0.1) is 36.5 Å². The van der Waals surface area contributed by atoms with Gasteiger partial charge in [-0.1, -0.05) is 19.1 Å². The Hall–Kier alpha value is -3.35. The first-order valence-electron chi connectivity index (χ1n) is 8.68. The first-order valence-corrected chi connectivity index (χ1v) is 8.68. The van der Waals surface area contributed by atoms with Gasteiger partial charge in [0.2, 0.25) is 5.91 Å². The number of hydrazone groups is 1. The Morgan fingerprint density at radius 2 is 1.96 bits per heavy atom. The van der Waals surface area contributed by atoms with Gasteiger partial charge < -0.3 is 14.5 Å². The molecule has 0 radical (unpaired) electrons. The van der Waals surface area contributed by atoms with Gasteiger partial charge in [-0.3, -0.25) is 4.79 Å². The Morgan fingerprint density at radius 3 is 2.70 bits per heavy atom. The zero-order valence-electron chi connectivity index (χ0n) is 15.4. The van der Waals surface area contributed by atoms with Gasteiger partial charge in [0, 0.05) is 24.0 Å². The molecule has 1 aliphatic rings. The molecule has 0 aliphatic carbocycles. The molecule has 7 heteroatoms. The summed E-state index contributed by atoms with van der Waals surface area (Å²) in [4.78, 5) is 19.7. The van der Waals surface area contributed by atoms with Crippen LogP contribution in [0.3, 0.4) is 0 Å². The number of hydrogen-bond donors (Lipinski definition) is 2. The molecule has 1 unspecified atom stereocenters. The highest BCUT2D eigenvalue weighted by Gasteiger charge is 2.24. The highest BCUT2D eigenvalue weighted by Crippen LogP contribution is 2.33. The number of ether oxygens (including phenoxy) is 2. The molecule has 138 valence electrons. The van der Waals surface area contributed by atoms with Crippen molar-refractivity contribution < 1.29 is 14.3 Å². The smallest absolute Gasteiger partial charge is 0.240 e. The third kappa shape index (κ3) is 3.01. The van der Waals surface area contributed by atoms with Crippen LogP contribution < -0.4 is 14.9 Å². The normalized spacial score (nSPS) is 16.8. The monoisotopic (exact) mass is 364 g/mol. The molecular formula is C20H20N4O3. The zero-order chi connectivity index (χ0) is 19.0. The summed E-state index contributed by atoms with van der Waals surface area (Å²) < 4.78 is 10.8. The lowest BCUT2D eigenvalue weighted by molar-refractivity contribution is -0.121. The Kier molecular flexibility index (Phi) is 4.27. The fourth-order valence-electron chi connectivity index (χ4n) is 3.34. The molecule has 4 rings (SSSR count). The van der Waals surface area contributed by atoms with E-state index in [0.717, 1.165) is 27.9 Å². The van der Waals surface area contributed by atoms with Gasteiger partial charge in [0.25, 0.3) is 0 Å². The molecule has 2 heterocycles. The number of benzene rings is 2. The molecule has 1 aliphatic heterocycles. The van der Waals surface area contributed by atoms with Crippen LogP contribution in [-0.2, 0) is 4.79 Å². The van der Waals surface area contributed by atoms with Crippen molar-refractivity contribution in [3.05, 3.63) is 42.0 Å². The van der Waals surface area contributed by atoms with Crippen LogP contribution in [0.25, 0.3) is 22.4 Å². The Morgan fingerprint density at radius 1 is 1.11 bits per heavy atom. The third-order valence-electron chi connectivity index (χ3n) is 4.71. The van der Waals surface area contributed by atoms with Crippen LogP contribution in [0.2, 0.25) is 0 Å². The number of hydrogen-bond acceptors (Lipinski definition) is 5. The molecular weight excluding hydrogens is 344 g/mol. The number of rotatable bonds is 4. The minimum atomic E-state index is -0.0656. The summed E-state index contributed by atoms with van der Waals surface area (Å²) in [5.74, 6) is 2.05. The number of amides is 1. The number of methoxy groups -OCH3 is 2. The average Bonchev–Trinajstić information content (AvgIpc) is 3.11. The number of carbonyl (C=O) groups is 1. The molecule has 1 amide bonds. The van der Waals surface area contributed by atoms with E-state index in [9.17, 15) is 4.79 Å². The topological polar surface area (TPSA) is 88.6 Å². The lowest BCUT2D eigenvalue weighted by Gasteiger charge is -2.19. The fraction of sp³-hybridized carbons (Fsp3) is 0.250. The molecule has 2 N–H and O–H groups in total. The molecule has 7 nitrogen and oxygen atoms in total. The summed E-state index contributed by atoms with van der Waals surface area (Å²) >= 11 is 0. The second kappa shape index (κ2) is 6.75. The predicted octanol–water partition coefficient (Wildman–Crippen LogP) is 3.11. The molecule has 2 aromatic carbocycles. The Balaban J connectivity index is 1.84. The summed E-state index contributed by atoms with van der Waals surface area (Å²) in [6, 6.07) is 11.5. The van der Waals surface area contributed by atoms with E-state index in [-0.39, 0.29) is 11.8 Å². The summed E-state index contributed by atoms with van der Waals surface area (Å²) in [7, 11) is 3.24. The molecule has 3 aromatic rings. The minimum absolute atomic E-state index is 0.0278.